The second-order valence-electron chi connectivity index (χ2n) is 18.3. The summed E-state index contributed by atoms with van der Waals surface area (Å²) in [6.45, 7) is 9.00. The molecule has 0 saturated heterocycles. The molecule has 0 saturated carbocycles. The van der Waals surface area contributed by atoms with Crippen LogP contribution in [0.25, 0.3) is 0 Å². The first-order chi connectivity index (χ1) is 28.4. The van der Waals surface area contributed by atoms with Crippen molar-refractivity contribution in [3.8, 4) is 0 Å². The highest BCUT2D eigenvalue weighted by Gasteiger charge is 2.19. The Kier molecular flexibility index (Phi) is 45.2. The predicted octanol–water partition coefficient (Wildman–Crippen LogP) is 16.7. The first-order valence-corrected chi connectivity index (χ1v) is 25.9. The zero-order chi connectivity index (χ0) is 42.4. The van der Waals surface area contributed by atoms with Gasteiger partial charge in [0.1, 0.15) is 13.2 Å². The van der Waals surface area contributed by atoms with E-state index < -0.39 is 6.10 Å². The fourth-order valence-electron chi connectivity index (χ4n) is 7.86. The minimum atomic E-state index is -0.759. The van der Waals surface area contributed by atoms with Crippen LogP contribution in [0, 0.1) is 5.92 Å². The van der Waals surface area contributed by atoms with Crippen molar-refractivity contribution >= 4 is 17.9 Å². The third kappa shape index (κ3) is 45.5. The number of hydrogen-bond donors (Lipinski definition) is 0. The van der Waals surface area contributed by atoms with E-state index in [1.165, 1.54) is 186 Å². The molecule has 58 heavy (non-hydrogen) atoms. The van der Waals surface area contributed by atoms with E-state index in [1.54, 1.807) is 0 Å². The zero-order valence-electron chi connectivity index (χ0n) is 39.5. The van der Waals surface area contributed by atoms with Crippen LogP contribution in [-0.4, -0.2) is 37.2 Å². The number of unbranched alkanes of at least 4 members (excludes halogenated alkanes) is 34. The predicted molar refractivity (Wildman–Crippen MR) is 247 cm³/mol. The van der Waals surface area contributed by atoms with Crippen molar-refractivity contribution in [2.75, 3.05) is 13.2 Å². The normalized spacial score (nSPS) is 11.9. The van der Waals surface area contributed by atoms with E-state index in [1.807, 2.05) is 0 Å². The molecule has 0 aromatic carbocycles. The van der Waals surface area contributed by atoms with Crippen LogP contribution in [0.4, 0.5) is 0 Å². The highest BCUT2D eigenvalue weighted by atomic mass is 16.6. The third-order valence-electron chi connectivity index (χ3n) is 11.8. The smallest absolute Gasteiger partial charge is 0.306 e. The first-order valence-electron chi connectivity index (χ1n) is 25.9. The Morgan fingerprint density at radius 3 is 0.845 bits per heavy atom. The quantitative estimate of drug-likeness (QED) is 0.0346. The second kappa shape index (κ2) is 46.5. The Hall–Kier alpha value is -1.59. The molecule has 0 aliphatic rings. The molecule has 0 aliphatic carbocycles. The molecular weight excluding hydrogens is 721 g/mol. The van der Waals surface area contributed by atoms with Crippen molar-refractivity contribution in [2.24, 2.45) is 5.92 Å². The fourth-order valence-corrected chi connectivity index (χ4v) is 7.86. The minimum Gasteiger partial charge on any atom is -0.462 e. The zero-order valence-corrected chi connectivity index (χ0v) is 39.5. The van der Waals surface area contributed by atoms with E-state index in [0.717, 1.165) is 63.7 Å². The summed E-state index contributed by atoms with van der Waals surface area (Å²) in [7, 11) is 0. The average molecular weight is 821 g/mol. The summed E-state index contributed by atoms with van der Waals surface area (Å²) in [6.07, 6.45) is 48.1. The largest absolute Gasteiger partial charge is 0.462 e. The lowest BCUT2D eigenvalue weighted by molar-refractivity contribution is -0.167. The number of carbonyl (C=O) groups is 3. The molecule has 0 fully saturated rings. The molecule has 0 bridgehead atoms. The highest BCUT2D eigenvalue weighted by molar-refractivity contribution is 5.71. The standard InChI is InChI=1S/C52H100O6/c1-5-7-9-11-13-14-15-16-18-22-25-28-32-36-40-44-51(54)57-47-49(46-56-50(53)43-39-35-30-12-10-8-6-2)58-52(55)45-41-37-33-29-26-23-20-17-19-21-24-27-31-34-38-42-48(3)4/h48-49H,5-47H2,1-4H3/t49-/m1/s1. The summed E-state index contributed by atoms with van der Waals surface area (Å²) < 4.78 is 16.7. The molecule has 6 nitrogen and oxygen atoms in total. The van der Waals surface area contributed by atoms with Gasteiger partial charge in [0.2, 0.25) is 0 Å². The lowest BCUT2D eigenvalue weighted by Gasteiger charge is -2.18. The van der Waals surface area contributed by atoms with Crippen molar-refractivity contribution in [3.05, 3.63) is 0 Å². The van der Waals surface area contributed by atoms with E-state index in [0.29, 0.717) is 19.3 Å². The molecule has 6 heteroatoms. The van der Waals surface area contributed by atoms with E-state index in [-0.39, 0.29) is 31.1 Å². The van der Waals surface area contributed by atoms with Crippen molar-refractivity contribution in [3.63, 3.8) is 0 Å². The fraction of sp³-hybridized carbons (Fsp3) is 0.942. The van der Waals surface area contributed by atoms with E-state index in [9.17, 15) is 14.4 Å². The maximum atomic E-state index is 12.8. The summed E-state index contributed by atoms with van der Waals surface area (Å²) in [6, 6.07) is 0. The minimum absolute atomic E-state index is 0.0630. The van der Waals surface area contributed by atoms with E-state index in [4.69, 9.17) is 14.2 Å². The lowest BCUT2D eigenvalue weighted by atomic mass is 10.0. The summed E-state index contributed by atoms with van der Waals surface area (Å²) >= 11 is 0. The summed E-state index contributed by atoms with van der Waals surface area (Å²) in [5.74, 6) is -0.00269. The maximum absolute atomic E-state index is 12.8. The SMILES string of the molecule is CCCCCCCCCCCCCCCCCC(=O)OC[C@@H](COC(=O)CCCCCCCCC)OC(=O)CCCCCCCCCCCCCCCCCC(C)C. The van der Waals surface area contributed by atoms with Crippen LogP contribution in [0.3, 0.4) is 0 Å². The Bertz CT molecular complexity index is 872. The molecule has 0 aromatic rings. The van der Waals surface area contributed by atoms with Crippen LogP contribution in [0.1, 0.15) is 291 Å². The molecule has 0 spiro atoms. The maximum Gasteiger partial charge on any atom is 0.306 e. The Labute approximate surface area is 361 Å². The molecular formula is C52H100O6. The Morgan fingerprint density at radius 2 is 0.569 bits per heavy atom. The molecule has 1 atom stereocenters. The van der Waals surface area contributed by atoms with Crippen molar-refractivity contribution in [2.45, 2.75) is 297 Å². The molecule has 0 aromatic heterocycles. The van der Waals surface area contributed by atoms with Gasteiger partial charge in [0.05, 0.1) is 0 Å². The van der Waals surface area contributed by atoms with Gasteiger partial charge in [-0.15, -0.1) is 0 Å². The average Bonchev–Trinajstić information content (AvgIpc) is 3.21. The Morgan fingerprint density at radius 1 is 0.328 bits per heavy atom. The van der Waals surface area contributed by atoms with Crippen LogP contribution in [0.5, 0.6) is 0 Å². The molecule has 0 rings (SSSR count). The van der Waals surface area contributed by atoms with E-state index >= 15 is 0 Å². The number of esters is 3. The van der Waals surface area contributed by atoms with Crippen molar-refractivity contribution in [1.29, 1.82) is 0 Å². The number of hydrogen-bond acceptors (Lipinski definition) is 6. The van der Waals surface area contributed by atoms with Gasteiger partial charge in [-0.1, -0.05) is 252 Å². The first kappa shape index (κ1) is 56.4. The van der Waals surface area contributed by atoms with Gasteiger partial charge in [0.15, 0.2) is 6.10 Å². The third-order valence-corrected chi connectivity index (χ3v) is 11.8. The van der Waals surface area contributed by atoms with Crippen LogP contribution in [0.15, 0.2) is 0 Å². The van der Waals surface area contributed by atoms with Gasteiger partial charge in [0, 0.05) is 19.3 Å². The topological polar surface area (TPSA) is 78.9 Å². The molecule has 0 aliphatic heterocycles. The monoisotopic (exact) mass is 821 g/mol. The molecule has 0 unspecified atom stereocenters. The van der Waals surface area contributed by atoms with Gasteiger partial charge in [0.25, 0.3) is 0 Å². The van der Waals surface area contributed by atoms with Gasteiger partial charge >= 0.3 is 17.9 Å². The highest BCUT2D eigenvalue weighted by Crippen LogP contribution is 2.17. The van der Waals surface area contributed by atoms with Gasteiger partial charge in [-0.3, -0.25) is 14.4 Å². The lowest BCUT2D eigenvalue weighted by Crippen LogP contribution is -2.30. The Balaban J connectivity index is 4.19. The number of carbonyl (C=O) groups excluding carboxylic acids is 3. The van der Waals surface area contributed by atoms with Gasteiger partial charge in [-0.2, -0.15) is 0 Å². The molecule has 0 amide bonds. The molecule has 0 N–H and O–H groups in total. The molecule has 0 heterocycles. The van der Waals surface area contributed by atoms with Crippen molar-refractivity contribution in [1.82, 2.24) is 0 Å². The summed E-state index contributed by atoms with van der Waals surface area (Å²) in [5, 5.41) is 0. The van der Waals surface area contributed by atoms with E-state index in [2.05, 4.69) is 27.7 Å². The van der Waals surface area contributed by atoms with Crippen LogP contribution in [-0.2, 0) is 28.6 Å². The summed E-state index contributed by atoms with van der Waals surface area (Å²) in [4.78, 5) is 37.8. The van der Waals surface area contributed by atoms with Gasteiger partial charge in [-0.05, 0) is 25.2 Å². The van der Waals surface area contributed by atoms with Gasteiger partial charge in [-0.25, -0.2) is 0 Å². The number of ether oxygens (including phenoxy) is 3. The van der Waals surface area contributed by atoms with Crippen LogP contribution < -0.4 is 0 Å². The molecule has 344 valence electrons. The van der Waals surface area contributed by atoms with Crippen molar-refractivity contribution < 1.29 is 28.6 Å². The van der Waals surface area contributed by atoms with Crippen LogP contribution in [0.2, 0.25) is 0 Å². The van der Waals surface area contributed by atoms with Gasteiger partial charge < -0.3 is 14.2 Å². The van der Waals surface area contributed by atoms with Crippen LogP contribution >= 0.6 is 0 Å². The number of rotatable bonds is 47. The second-order valence-corrected chi connectivity index (χ2v) is 18.3. The summed E-state index contributed by atoms with van der Waals surface area (Å²) in [5.41, 5.74) is 0. The molecule has 0 radical (unpaired) electrons.